The number of sulfonamides is 1. The van der Waals surface area contributed by atoms with Crippen LogP contribution in [0.3, 0.4) is 0 Å². The Morgan fingerprint density at radius 3 is 2.85 bits per heavy atom. The van der Waals surface area contributed by atoms with Crippen LogP contribution in [0.25, 0.3) is 0 Å². The highest BCUT2D eigenvalue weighted by Crippen LogP contribution is 2.20. The number of nitrogens with zero attached hydrogens (tertiary/aromatic N) is 4. The van der Waals surface area contributed by atoms with Gasteiger partial charge >= 0.3 is 0 Å². The highest BCUT2D eigenvalue weighted by Gasteiger charge is 2.39. The van der Waals surface area contributed by atoms with E-state index in [0.717, 1.165) is 6.40 Å². The molecule has 1 heterocycles. The fraction of sp³-hybridized carbons (Fsp3) is 0.857. The fourth-order valence-electron chi connectivity index (χ4n) is 2.35. The summed E-state index contributed by atoms with van der Waals surface area (Å²) in [6, 6.07) is 0. The van der Waals surface area contributed by atoms with Gasteiger partial charge in [0.1, 0.15) is 10.4 Å². The van der Waals surface area contributed by atoms with Gasteiger partial charge in [0.05, 0.1) is 19.3 Å². The summed E-state index contributed by atoms with van der Waals surface area (Å²) in [7, 11) is -2.13. The molecule has 1 aliphatic heterocycles. The van der Waals surface area contributed by atoms with E-state index in [2.05, 4.69) is 15.1 Å². The first-order valence-corrected chi connectivity index (χ1v) is 10.3. The van der Waals surface area contributed by atoms with Gasteiger partial charge in [0, 0.05) is 33.2 Å². The minimum atomic E-state index is -3.64. The average molecular weight is 414 g/mol. The molecular weight excluding hydrogens is 386 g/mol. The quantitative estimate of drug-likeness (QED) is 0.150. The molecule has 0 fully saturated rings. The van der Waals surface area contributed by atoms with E-state index in [1.807, 2.05) is 13.8 Å². The number of nitrogens with two attached hydrogens (primary N) is 1. The van der Waals surface area contributed by atoms with Crippen LogP contribution < -0.4 is 5.73 Å². The van der Waals surface area contributed by atoms with Gasteiger partial charge in [-0.15, -0.1) is 0 Å². The van der Waals surface area contributed by atoms with Crippen LogP contribution in [-0.2, 0) is 24.3 Å². The van der Waals surface area contributed by atoms with Crippen molar-refractivity contribution in [3.05, 3.63) is 0 Å². The fourth-order valence-corrected chi connectivity index (χ4v) is 4.33. The van der Waals surface area contributed by atoms with Crippen molar-refractivity contribution in [2.75, 3.05) is 46.6 Å². The third kappa shape index (κ3) is 6.88. The van der Waals surface area contributed by atoms with Crippen LogP contribution in [-0.4, -0.2) is 87.3 Å². The Morgan fingerprint density at radius 1 is 1.54 bits per heavy atom. The van der Waals surface area contributed by atoms with E-state index < -0.39 is 15.3 Å². The topological polar surface area (TPSA) is 119 Å². The molecule has 2 atom stereocenters. The smallest absolute Gasteiger partial charge is 0.225 e. The molecule has 0 aliphatic carbocycles. The van der Waals surface area contributed by atoms with Crippen molar-refractivity contribution in [1.82, 2.24) is 9.31 Å². The Hall–Kier alpha value is -1.14. The zero-order chi connectivity index (χ0) is 19.6. The highest BCUT2D eigenvalue weighted by atomic mass is 35.5. The van der Waals surface area contributed by atoms with Gasteiger partial charge in [0.2, 0.25) is 16.4 Å². The zero-order valence-corrected chi connectivity index (χ0v) is 16.9. The van der Waals surface area contributed by atoms with E-state index in [9.17, 15) is 8.42 Å². The van der Waals surface area contributed by atoms with Gasteiger partial charge < -0.3 is 14.3 Å². The minimum absolute atomic E-state index is 0.0351. The molecular formula is C14H28ClN5O5S. The molecule has 0 radical (unpaired) electrons. The standard InChI is InChI=1S/C14H28ClN5O5S/c1-4-20-9-13(14(15)18-20)26(21,22)19(3)8-12(24-5-2)6-7-23-11-17-25-10-16/h11-13H,4-10,16H2,1-3H3/b17-11+/t12-,13?/m0/s1. The summed E-state index contributed by atoms with van der Waals surface area (Å²) in [6.45, 7) is 5.49. The molecule has 0 aromatic carbocycles. The molecule has 0 saturated heterocycles. The number of halogens is 1. The van der Waals surface area contributed by atoms with Gasteiger partial charge in [-0.05, 0) is 13.8 Å². The summed E-state index contributed by atoms with van der Waals surface area (Å²) in [6.07, 6.45) is 1.29. The van der Waals surface area contributed by atoms with Crippen LogP contribution in [0.2, 0.25) is 0 Å². The lowest BCUT2D eigenvalue weighted by molar-refractivity contribution is 0.0360. The molecule has 26 heavy (non-hydrogen) atoms. The van der Waals surface area contributed by atoms with E-state index in [-0.39, 0.29) is 31.1 Å². The van der Waals surface area contributed by atoms with E-state index in [1.54, 1.807) is 5.01 Å². The third-order valence-electron chi connectivity index (χ3n) is 3.73. The van der Waals surface area contributed by atoms with Crippen molar-refractivity contribution in [1.29, 1.82) is 0 Å². The zero-order valence-electron chi connectivity index (χ0n) is 15.4. The summed E-state index contributed by atoms with van der Waals surface area (Å²) >= 11 is 6.04. The van der Waals surface area contributed by atoms with Crippen LogP contribution in [0.4, 0.5) is 0 Å². The number of hydrazone groups is 1. The Morgan fingerprint density at radius 2 is 2.27 bits per heavy atom. The molecule has 0 aromatic heterocycles. The number of hydrogen-bond donors (Lipinski definition) is 1. The monoisotopic (exact) mass is 413 g/mol. The van der Waals surface area contributed by atoms with Crippen molar-refractivity contribution < 1.29 is 22.7 Å². The maximum absolute atomic E-state index is 12.8. The maximum atomic E-state index is 12.8. The highest BCUT2D eigenvalue weighted by molar-refractivity contribution is 7.90. The second-order valence-electron chi connectivity index (χ2n) is 5.49. The lowest BCUT2D eigenvalue weighted by Crippen LogP contribution is -2.44. The summed E-state index contributed by atoms with van der Waals surface area (Å²) in [4.78, 5) is 4.56. The SMILES string of the molecule is CCO[C@@H](CCO/C=N/OCN)CN(C)S(=O)(=O)C1CN(CC)N=C1Cl. The van der Waals surface area contributed by atoms with Crippen molar-refractivity contribution in [3.8, 4) is 0 Å². The van der Waals surface area contributed by atoms with E-state index in [1.165, 1.54) is 11.4 Å². The van der Waals surface area contributed by atoms with Gasteiger partial charge in [0.25, 0.3) is 0 Å². The first kappa shape index (κ1) is 22.9. The molecule has 0 aromatic rings. The number of hydrogen-bond acceptors (Lipinski definition) is 9. The van der Waals surface area contributed by atoms with Gasteiger partial charge in [-0.25, -0.2) is 12.7 Å². The number of likely N-dealkylation sites (N-methyl/N-ethyl adjacent to an activating group) is 1. The van der Waals surface area contributed by atoms with Crippen LogP contribution in [0.5, 0.6) is 0 Å². The Kier molecular flexibility index (Phi) is 10.2. The van der Waals surface area contributed by atoms with Gasteiger partial charge in [-0.1, -0.05) is 16.8 Å². The van der Waals surface area contributed by atoms with Crippen molar-refractivity contribution >= 4 is 33.2 Å². The van der Waals surface area contributed by atoms with Gasteiger partial charge in [-0.2, -0.15) is 5.10 Å². The molecule has 1 aliphatic rings. The molecule has 0 saturated carbocycles. The molecule has 0 bridgehead atoms. The van der Waals surface area contributed by atoms with Crippen LogP contribution in [0, 0.1) is 0 Å². The Bertz CT molecular complexity index is 574. The van der Waals surface area contributed by atoms with Crippen molar-refractivity contribution in [2.24, 2.45) is 16.0 Å². The molecule has 2 N–H and O–H groups in total. The summed E-state index contributed by atoms with van der Waals surface area (Å²) in [5, 5.41) is 8.39. The third-order valence-corrected chi connectivity index (χ3v) is 6.30. The molecule has 0 amide bonds. The van der Waals surface area contributed by atoms with Crippen molar-refractivity contribution in [2.45, 2.75) is 31.6 Å². The second kappa shape index (κ2) is 11.5. The number of oxime groups is 1. The second-order valence-corrected chi connectivity index (χ2v) is 8.10. The maximum Gasteiger partial charge on any atom is 0.225 e. The van der Waals surface area contributed by atoms with Gasteiger partial charge in [0.15, 0.2) is 6.73 Å². The first-order valence-electron chi connectivity index (χ1n) is 8.37. The Labute approximate surface area is 159 Å². The van der Waals surface area contributed by atoms with Crippen LogP contribution in [0.15, 0.2) is 10.3 Å². The van der Waals surface area contributed by atoms with E-state index in [4.69, 9.17) is 26.8 Å². The largest absolute Gasteiger partial charge is 0.481 e. The lowest BCUT2D eigenvalue weighted by atomic mass is 10.2. The molecule has 152 valence electrons. The molecule has 12 heteroatoms. The van der Waals surface area contributed by atoms with E-state index >= 15 is 0 Å². The van der Waals surface area contributed by atoms with E-state index in [0.29, 0.717) is 26.2 Å². The average Bonchev–Trinajstić information content (AvgIpc) is 2.99. The lowest BCUT2D eigenvalue weighted by Gasteiger charge is -2.26. The number of ether oxygens (including phenoxy) is 2. The van der Waals surface area contributed by atoms with Gasteiger partial charge in [-0.3, -0.25) is 10.7 Å². The minimum Gasteiger partial charge on any atom is -0.481 e. The molecule has 10 nitrogen and oxygen atoms in total. The molecule has 0 spiro atoms. The van der Waals surface area contributed by atoms with Crippen LogP contribution >= 0.6 is 11.6 Å². The molecule has 1 rings (SSSR count). The van der Waals surface area contributed by atoms with Crippen LogP contribution in [0.1, 0.15) is 20.3 Å². The summed E-state index contributed by atoms with van der Waals surface area (Å²) < 4.78 is 37.6. The normalized spacial score (nSPS) is 19.2. The molecule has 1 unspecified atom stereocenters. The predicted octanol–water partition coefficient (Wildman–Crippen LogP) is 0.192. The Balaban J connectivity index is 2.59. The first-order chi connectivity index (χ1) is 12.4. The predicted molar refractivity (Wildman–Crippen MR) is 100 cm³/mol. The summed E-state index contributed by atoms with van der Waals surface area (Å²) in [5.74, 6) is 0. The summed E-state index contributed by atoms with van der Waals surface area (Å²) in [5.41, 5.74) is 5.11. The number of rotatable bonds is 13. The van der Waals surface area contributed by atoms with Crippen molar-refractivity contribution in [3.63, 3.8) is 0 Å².